The topological polar surface area (TPSA) is 83.6 Å². The van der Waals surface area contributed by atoms with Crippen molar-refractivity contribution in [2.75, 3.05) is 7.05 Å². The summed E-state index contributed by atoms with van der Waals surface area (Å²) < 4.78 is 0. The Balaban J connectivity index is 2.87. The number of rotatable bonds is 5. The Labute approximate surface area is 127 Å². The molecule has 0 heterocycles. The van der Waals surface area contributed by atoms with Crippen LogP contribution in [0.5, 0.6) is 0 Å². The van der Waals surface area contributed by atoms with Crippen LogP contribution in [0, 0.1) is 0 Å². The molecular weight excluding hydrogens is 303 g/mol. The molecule has 0 bridgehead atoms. The summed E-state index contributed by atoms with van der Waals surface area (Å²) in [4.78, 5) is 24.0. The van der Waals surface area contributed by atoms with Crippen molar-refractivity contribution < 1.29 is 14.7 Å². The predicted octanol–water partition coefficient (Wildman–Crippen LogP) is 2.31. The number of carbonyl (C=O) groups is 2. The molecule has 0 radical (unpaired) electrons. The van der Waals surface area contributed by atoms with Crippen molar-refractivity contribution >= 4 is 35.1 Å². The minimum Gasteiger partial charge on any atom is -0.481 e. The van der Waals surface area contributed by atoms with Crippen LogP contribution in [0.2, 0.25) is 10.0 Å². The largest absolute Gasteiger partial charge is 0.481 e. The van der Waals surface area contributed by atoms with Gasteiger partial charge in [0.05, 0.1) is 18.5 Å². The van der Waals surface area contributed by atoms with Crippen molar-refractivity contribution in [2.24, 2.45) is 5.73 Å². The lowest BCUT2D eigenvalue weighted by Crippen LogP contribution is -2.43. The van der Waals surface area contributed by atoms with E-state index < -0.39 is 24.3 Å². The van der Waals surface area contributed by atoms with Gasteiger partial charge in [-0.25, -0.2) is 0 Å². The van der Waals surface area contributed by atoms with Crippen molar-refractivity contribution in [1.82, 2.24) is 4.90 Å². The summed E-state index contributed by atoms with van der Waals surface area (Å²) in [6.07, 6.45) is -0.412. The van der Waals surface area contributed by atoms with E-state index in [1.165, 1.54) is 4.90 Å². The highest BCUT2D eigenvalue weighted by molar-refractivity contribution is 6.35. The fraction of sp³-hybridized carbons (Fsp3) is 0.385. The molecule has 110 valence electrons. The minimum atomic E-state index is -1.11. The molecule has 0 aliphatic rings. The van der Waals surface area contributed by atoms with Crippen LogP contribution in [-0.2, 0) is 9.59 Å². The van der Waals surface area contributed by atoms with Crippen molar-refractivity contribution in [1.29, 1.82) is 0 Å². The van der Waals surface area contributed by atoms with E-state index >= 15 is 0 Å². The number of benzene rings is 1. The van der Waals surface area contributed by atoms with Gasteiger partial charge in [0.25, 0.3) is 0 Å². The zero-order valence-electron chi connectivity index (χ0n) is 11.1. The Hall–Kier alpha value is -1.30. The SMILES string of the molecule is CC(c1ccc(Cl)cc1Cl)N(C)C(=O)C(N)CC(=O)O. The van der Waals surface area contributed by atoms with Gasteiger partial charge in [0, 0.05) is 17.1 Å². The van der Waals surface area contributed by atoms with Crippen LogP contribution < -0.4 is 5.73 Å². The quantitative estimate of drug-likeness (QED) is 0.872. The lowest BCUT2D eigenvalue weighted by atomic mass is 10.1. The second-order valence-electron chi connectivity index (χ2n) is 4.50. The first-order chi connectivity index (χ1) is 9.23. The molecule has 1 aromatic rings. The number of carboxylic acids is 1. The van der Waals surface area contributed by atoms with E-state index in [1.54, 1.807) is 32.2 Å². The molecule has 0 spiro atoms. The van der Waals surface area contributed by atoms with E-state index in [2.05, 4.69) is 0 Å². The van der Waals surface area contributed by atoms with Crippen LogP contribution in [0.4, 0.5) is 0 Å². The smallest absolute Gasteiger partial charge is 0.305 e. The highest BCUT2D eigenvalue weighted by Gasteiger charge is 2.25. The maximum absolute atomic E-state index is 12.0. The van der Waals surface area contributed by atoms with Crippen LogP contribution in [0.1, 0.15) is 24.9 Å². The molecule has 1 rings (SSSR count). The lowest BCUT2D eigenvalue weighted by Gasteiger charge is -2.28. The van der Waals surface area contributed by atoms with Gasteiger partial charge >= 0.3 is 5.97 Å². The van der Waals surface area contributed by atoms with E-state index in [1.807, 2.05) is 0 Å². The minimum absolute atomic E-state index is 0.341. The maximum Gasteiger partial charge on any atom is 0.305 e. The molecule has 0 aliphatic heterocycles. The summed E-state index contributed by atoms with van der Waals surface area (Å²) in [7, 11) is 1.56. The molecule has 1 amide bonds. The number of nitrogens with zero attached hydrogens (tertiary/aromatic N) is 1. The van der Waals surface area contributed by atoms with Gasteiger partial charge in [-0.15, -0.1) is 0 Å². The van der Waals surface area contributed by atoms with Crippen LogP contribution in [0.3, 0.4) is 0 Å². The summed E-state index contributed by atoms with van der Waals surface area (Å²) in [6, 6.07) is 3.57. The van der Waals surface area contributed by atoms with Gasteiger partial charge in [-0.1, -0.05) is 29.3 Å². The summed E-state index contributed by atoms with van der Waals surface area (Å²) >= 11 is 11.9. The zero-order chi connectivity index (χ0) is 15.4. The lowest BCUT2D eigenvalue weighted by molar-refractivity contribution is -0.142. The van der Waals surface area contributed by atoms with Gasteiger partial charge in [0.2, 0.25) is 5.91 Å². The Bertz CT molecular complexity index is 522. The van der Waals surface area contributed by atoms with Gasteiger partial charge in [-0.05, 0) is 24.6 Å². The van der Waals surface area contributed by atoms with E-state index in [4.69, 9.17) is 34.0 Å². The Morgan fingerprint density at radius 3 is 2.50 bits per heavy atom. The van der Waals surface area contributed by atoms with Crippen LogP contribution >= 0.6 is 23.2 Å². The first kappa shape index (κ1) is 16.8. The molecule has 0 aliphatic carbocycles. The molecule has 0 fully saturated rings. The van der Waals surface area contributed by atoms with Gasteiger partial charge in [0.1, 0.15) is 0 Å². The number of nitrogens with two attached hydrogens (primary N) is 1. The average molecular weight is 319 g/mol. The standard InChI is InChI=1S/C13H16Cl2N2O3/c1-7(9-4-3-8(14)5-10(9)15)17(2)13(20)11(16)6-12(18)19/h3-5,7,11H,6,16H2,1-2H3,(H,18,19). The Morgan fingerprint density at radius 1 is 1.40 bits per heavy atom. The number of carbonyl (C=O) groups excluding carboxylic acids is 1. The van der Waals surface area contributed by atoms with Crippen molar-refractivity contribution in [3.05, 3.63) is 33.8 Å². The fourth-order valence-electron chi connectivity index (χ4n) is 1.78. The second kappa shape index (κ2) is 6.92. The molecule has 3 N–H and O–H groups in total. The second-order valence-corrected chi connectivity index (χ2v) is 5.34. The first-order valence-corrected chi connectivity index (χ1v) is 6.68. The van der Waals surface area contributed by atoms with Crippen LogP contribution in [0.25, 0.3) is 0 Å². The van der Waals surface area contributed by atoms with E-state index in [-0.39, 0.29) is 6.04 Å². The van der Waals surface area contributed by atoms with Gasteiger partial charge < -0.3 is 15.7 Å². The van der Waals surface area contributed by atoms with Crippen molar-refractivity contribution in [3.63, 3.8) is 0 Å². The van der Waals surface area contributed by atoms with Gasteiger partial charge in [0.15, 0.2) is 0 Å². The molecule has 0 aromatic heterocycles. The third kappa shape index (κ3) is 4.10. The third-order valence-corrected chi connectivity index (χ3v) is 3.62. The molecular formula is C13H16Cl2N2O3. The Morgan fingerprint density at radius 2 is 2.00 bits per heavy atom. The van der Waals surface area contributed by atoms with Crippen molar-refractivity contribution in [2.45, 2.75) is 25.4 Å². The normalized spacial score (nSPS) is 13.7. The molecule has 5 nitrogen and oxygen atoms in total. The van der Waals surface area contributed by atoms with E-state index in [0.29, 0.717) is 10.0 Å². The number of hydrogen-bond acceptors (Lipinski definition) is 3. The van der Waals surface area contributed by atoms with Crippen LogP contribution in [0.15, 0.2) is 18.2 Å². The molecule has 20 heavy (non-hydrogen) atoms. The highest BCUT2D eigenvalue weighted by atomic mass is 35.5. The van der Waals surface area contributed by atoms with Crippen LogP contribution in [-0.4, -0.2) is 35.0 Å². The average Bonchev–Trinajstić information content (AvgIpc) is 2.35. The molecule has 0 saturated heterocycles. The summed E-state index contributed by atoms with van der Waals surface area (Å²) in [6.45, 7) is 1.78. The first-order valence-electron chi connectivity index (χ1n) is 5.93. The molecule has 2 unspecified atom stereocenters. The summed E-state index contributed by atoms with van der Waals surface area (Å²) in [5.74, 6) is -1.57. The number of halogens is 2. The summed E-state index contributed by atoms with van der Waals surface area (Å²) in [5.41, 5.74) is 6.29. The maximum atomic E-state index is 12.0. The fourth-order valence-corrected chi connectivity index (χ4v) is 2.34. The van der Waals surface area contributed by atoms with E-state index in [9.17, 15) is 9.59 Å². The number of aliphatic carboxylic acids is 1. The van der Waals surface area contributed by atoms with Gasteiger partial charge in [-0.2, -0.15) is 0 Å². The van der Waals surface area contributed by atoms with Crippen molar-refractivity contribution in [3.8, 4) is 0 Å². The molecule has 7 heteroatoms. The predicted molar refractivity (Wildman–Crippen MR) is 77.9 cm³/mol. The number of likely N-dealkylation sites (N-methyl/N-ethyl adjacent to an activating group) is 1. The number of carboxylic acid groups (broad SMARTS) is 1. The highest BCUT2D eigenvalue weighted by Crippen LogP contribution is 2.29. The number of hydrogen-bond donors (Lipinski definition) is 2. The Kier molecular flexibility index (Phi) is 5.80. The summed E-state index contributed by atoms with van der Waals surface area (Å²) in [5, 5.41) is 9.60. The molecule has 1 aromatic carbocycles. The van der Waals surface area contributed by atoms with E-state index in [0.717, 1.165) is 5.56 Å². The monoisotopic (exact) mass is 318 g/mol. The molecule has 0 saturated carbocycles. The number of amides is 1. The molecule has 2 atom stereocenters. The third-order valence-electron chi connectivity index (χ3n) is 3.05. The van der Waals surface area contributed by atoms with Gasteiger partial charge in [-0.3, -0.25) is 9.59 Å². The zero-order valence-corrected chi connectivity index (χ0v) is 12.6.